The van der Waals surface area contributed by atoms with Crippen LogP contribution in [-0.2, 0) is 6.54 Å². The summed E-state index contributed by atoms with van der Waals surface area (Å²) in [5.41, 5.74) is 0. The molecule has 1 heterocycles. The summed E-state index contributed by atoms with van der Waals surface area (Å²) in [5.74, 6) is 5.56. The highest BCUT2D eigenvalue weighted by Crippen LogP contribution is 2.18. The van der Waals surface area contributed by atoms with Gasteiger partial charge in [0.25, 0.3) is 0 Å². The SMILES string of the molecule is CC(C)N(CCC#N)Cc1ccc(C#CCO)s1. The number of nitriles is 1. The van der Waals surface area contributed by atoms with Crippen LogP contribution in [0.2, 0.25) is 0 Å². The molecule has 1 aromatic heterocycles. The molecule has 0 spiro atoms. The third kappa shape index (κ3) is 4.89. The fourth-order valence-corrected chi connectivity index (χ4v) is 2.48. The lowest BCUT2D eigenvalue weighted by Gasteiger charge is -2.24. The number of nitrogens with zero attached hydrogens (tertiary/aromatic N) is 2. The van der Waals surface area contributed by atoms with Crippen molar-refractivity contribution >= 4 is 11.3 Å². The van der Waals surface area contributed by atoms with Crippen LogP contribution in [0.3, 0.4) is 0 Å². The third-order valence-corrected chi connectivity index (χ3v) is 3.54. The van der Waals surface area contributed by atoms with E-state index in [0.717, 1.165) is 18.0 Å². The van der Waals surface area contributed by atoms with Gasteiger partial charge in [-0.25, -0.2) is 0 Å². The Morgan fingerprint density at radius 2 is 2.22 bits per heavy atom. The van der Waals surface area contributed by atoms with Crippen molar-refractivity contribution in [2.45, 2.75) is 32.9 Å². The van der Waals surface area contributed by atoms with E-state index in [4.69, 9.17) is 10.4 Å². The zero-order valence-electron chi connectivity index (χ0n) is 10.8. The van der Waals surface area contributed by atoms with Gasteiger partial charge in [0, 0.05) is 30.4 Å². The normalized spacial score (nSPS) is 10.2. The average Bonchev–Trinajstić information content (AvgIpc) is 2.79. The zero-order valence-corrected chi connectivity index (χ0v) is 11.6. The molecule has 0 radical (unpaired) electrons. The molecule has 96 valence electrons. The minimum absolute atomic E-state index is 0.104. The largest absolute Gasteiger partial charge is 0.384 e. The van der Waals surface area contributed by atoms with E-state index in [1.807, 2.05) is 6.07 Å². The van der Waals surface area contributed by atoms with Crippen molar-refractivity contribution in [3.8, 4) is 17.9 Å². The first kappa shape index (κ1) is 14.7. The second kappa shape index (κ2) is 7.89. The van der Waals surface area contributed by atoms with E-state index < -0.39 is 0 Å². The molecule has 1 rings (SSSR count). The van der Waals surface area contributed by atoms with Crippen LogP contribution in [0.15, 0.2) is 12.1 Å². The molecule has 0 aromatic carbocycles. The zero-order chi connectivity index (χ0) is 13.4. The van der Waals surface area contributed by atoms with Crippen LogP contribution in [0.1, 0.15) is 30.0 Å². The molecule has 1 aromatic rings. The van der Waals surface area contributed by atoms with Crippen molar-refractivity contribution in [3.05, 3.63) is 21.9 Å². The molecule has 0 saturated carbocycles. The van der Waals surface area contributed by atoms with Gasteiger partial charge in [0.15, 0.2) is 0 Å². The summed E-state index contributed by atoms with van der Waals surface area (Å²) in [6.07, 6.45) is 0.556. The molecular weight excluding hydrogens is 244 g/mol. The molecule has 3 nitrogen and oxygen atoms in total. The predicted octanol–water partition coefficient (Wildman–Crippen LogP) is 2.22. The van der Waals surface area contributed by atoms with Gasteiger partial charge in [0.2, 0.25) is 0 Å². The molecule has 0 aliphatic carbocycles. The van der Waals surface area contributed by atoms with Crippen molar-refractivity contribution in [2.75, 3.05) is 13.2 Å². The van der Waals surface area contributed by atoms with Crippen LogP contribution < -0.4 is 0 Å². The second-order valence-corrected chi connectivity index (χ2v) is 5.37. The van der Waals surface area contributed by atoms with Crippen LogP contribution in [0, 0.1) is 23.2 Å². The Balaban J connectivity index is 2.63. The first-order valence-corrected chi connectivity index (χ1v) is 6.78. The van der Waals surface area contributed by atoms with Crippen molar-refractivity contribution in [3.63, 3.8) is 0 Å². The Labute approximate surface area is 113 Å². The lowest BCUT2D eigenvalue weighted by atomic mass is 10.2. The number of rotatable bonds is 5. The van der Waals surface area contributed by atoms with E-state index in [0.29, 0.717) is 12.5 Å². The molecule has 1 N–H and O–H groups in total. The predicted molar refractivity (Wildman–Crippen MR) is 74.1 cm³/mol. The monoisotopic (exact) mass is 262 g/mol. The van der Waals surface area contributed by atoms with E-state index >= 15 is 0 Å². The van der Waals surface area contributed by atoms with Gasteiger partial charge in [-0.2, -0.15) is 5.26 Å². The Hall–Kier alpha value is -1.33. The molecule has 0 atom stereocenters. The second-order valence-electron chi connectivity index (χ2n) is 4.20. The fraction of sp³-hybridized carbons (Fsp3) is 0.500. The van der Waals surface area contributed by atoms with Gasteiger partial charge >= 0.3 is 0 Å². The fourth-order valence-electron chi connectivity index (χ4n) is 1.57. The van der Waals surface area contributed by atoms with E-state index in [1.165, 1.54) is 4.88 Å². The highest BCUT2D eigenvalue weighted by molar-refractivity contribution is 7.12. The first-order valence-electron chi connectivity index (χ1n) is 5.96. The number of hydrogen-bond donors (Lipinski definition) is 1. The Morgan fingerprint density at radius 1 is 1.44 bits per heavy atom. The summed E-state index contributed by atoms with van der Waals surface area (Å²) in [5, 5.41) is 17.3. The minimum Gasteiger partial charge on any atom is -0.384 e. The van der Waals surface area contributed by atoms with Crippen LogP contribution in [0.5, 0.6) is 0 Å². The molecule has 0 aliphatic rings. The molecule has 0 unspecified atom stereocenters. The van der Waals surface area contributed by atoms with Gasteiger partial charge in [-0.1, -0.05) is 11.8 Å². The molecular formula is C14H18N2OS. The van der Waals surface area contributed by atoms with Crippen LogP contribution in [-0.4, -0.2) is 29.2 Å². The van der Waals surface area contributed by atoms with E-state index in [9.17, 15) is 0 Å². The molecule has 0 bridgehead atoms. The summed E-state index contributed by atoms with van der Waals surface area (Å²) in [7, 11) is 0. The van der Waals surface area contributed by atoms with Crippen molar-refractivity contribution in [1.82, 2.24) is 4.90 Å². The highest BCUT2D eigenvalue weighted by Gasteiger charge is 2.10. The van der Waals surface area contributed by atoms with Crippen molar-refractivity contribution < 1.29 is 5.11 Å². The summed E-state index contributed by atoms with van der Waals surface area (Å²) in [6.45, 7) is 5.82. The highest BCUT2D eigenvalue weighted by atomic mass is 32.1. The number of aliphatic hydroxyl groups is 1. The van der Waals surface area contributed by atoms with Gasteiger partial charge < -0.3 is 5.11 Å². The summed E-state index contributed by atoms with van der Waals surface area (Å²) >= 11 is 1.64. The third-order valence-electron chi connectivity index (χ3n) is 2.55. The minimum atomic E-state index is -0.104. The maximum Gasteiger partial charge on any atom is 0.104 e. The quantitative estimate of drug-likeness (QED) is 0.828. The first-order chi connectivity index (χ1) is 8.67. The summed E-state index contributed by atoms with van der Waals surface area (Å²) in [4.78, 5) is 4.49. The van der Waals surface area contributed by atoms with Crippen molar-refractivity contribution in [2.24, 2.45) is 0 Å². The average molecular weight is 262 g/mol. The Kier molecular flexibility index (Phi) is 6.46. The van der Waals surface area contributed by atoms with Crippen LogP contribution in [0.4, 0.5) is 0 Å². The molecule has 0 aliphatic heterocycles. The van der Waals surface area contributed by atoms with Gasteiger partial charge in [-0.3, -0.25) is 4.90 Å². The van der Waals surface area contributed by atoms with Gasteiger partial charge in [0.1, 0.15) is 6.61 Å². The lowest BCUT2D eigenvalue weighted by Crippen LogP contribution is -2.30. The van der Waals surface area contributed by atoms with Crippen LogP contribution >= 0.6 is 11.3 Å². The lowest BCUT2D eigenvalue weighted by molar-refractivity contribution is 0.220. The number of aliphatic hydroxyl groups excluding tert-OH is 1. The van der Waals surface area contributed by atoms with E-state index in [1.54, 1.807) is 11.3 Å². The van der Waals surface area contributed by atoms with Crippen molar-refractivity contribution in [1.29, 1.82) is 5.26 Å². The standard InChI is InChI=1S/C14H18N2OS/c1-12(2)16(9-4-8-15)11-14-7-6-13(18-14)5-3-10-17/h6-7,12,17H,4,9-11H2,1-2H3. The smallest absolute Gasteiger partial charge is 0.104 e. The van der Waals surface area contributed by atoms with Gasteiger partial charge in [-0.15, -0.1) is 11.3 Å². The Morgan fingerprint density at radius 3 is 2.83 bits per heavy atom. The van der Waals surface area contributed by atoms with E-state index in [-0.39, 0.29) is 6.61 Å². The molecule has 0 saturated heterocycles. The maximum absolute atomic E-state index is 8.65. The summed E-state index contributed by atoms with van der Waals surface area (Å²) < 4.78 is 0. The maximum atomic E-state index is 8.65. The molecule has 18 heavy (non-hydrogen) atoms. The number of hydrogen-bond acceptors (Lipinski definition) is 4. The van der Waals surface area contributed by atoms with Gasteiger partial charge in [-0.05, 0) is 26.0 Å². The van der Waals surface area contributed by atoms with Gasteiger partial charge in [0.05, 0.1) is 10.9 Å². The Bertz CT molecular complexity index is 462. The summed E-state index contributed by atoms with van der Waals surface area (Å²) in [6, 6.07) is 6.65. The molecule has 0 amide bonds. The number of thiophene rings is 1. The van der Waals surface area contributed by atoms with Crippen LogP contribution in [0.25, 0.3) is 0 Å². The topological polar surface area (TPSA) is 47.3 Å². The van der Waals surface area contributed by atoms with E-state index in [2.05, 4.69) is 42.7 Å². The molecule has 0 fully saturated rings. The molecule has 4 heteroatoms.